The molecular weight excluding hydrogens is 613 g/mol. The van der Waals surface area contributed by atoms with Gasteiger partial charge in [0.25, 0.3) is 0 Å². The van der Waals surface area contributed by atoms with Crippen LogP contribution in [0.25, 0.3) is 26.2 Å². The number of carbonyl (C=O) groups is 2. The fourth-order valence-electron chi connectivity index (χ4n) is 4.10. The molecule has 3 aromatic carbocycles. The lowest BCUT2D eigenvalue weighted by Crippen LogP contribution is -2.08. The minimum atomic E-state index is -0.616. The molecule has 3 heterocycles. The van der Waals surface area contributed by atoms with Gasteiger partial charge in [-0.15, -0.1) is 22.7 Å². The van der Waals surface area contributed by atoms with Gasteiger partial charge in [0.1, 0.15) is 9.75 Å². The molecule has 6 rings (SSSR count). The minimum Gasteiger partial charge on any atom is -0.490 e. The molecule has 0 radical (unpaired) electrons. The van der Waals surface area contributed by atoms with E-state index in [0.717, 1.165) is 20.2 Å². The van der Waals surface area contributed by atoms with Crippen LogP contribution in [0.5, 0.6) is 11.5 Å². The van der Waals surface area contributed by atoms with Crippen LogP contribution in [0.15, 0.2) is 71.4 Å². The monoisotopic (exact) mass is 627 g/mol. The van der Waals surface area contributed by atoms with E-state index in [1.165, 1.54) is 22.7 Å². The van der Waals surface area contributed by atoms with E-state index in [4.69, 9.17) is 49.0 Å². The molecule has 0 bridgehead atoms. The van der Waals surface area contributed by atoms with Gasteiger partial charge in [-0.25, -0.2) is 14.6 Å². The summed E-state index contributed by atoms with van der Waals surface area (Å²) in [6.45, 7) is 2.14. The number of hydrogen-bond acceptors (Lipinski definition) is 8. The van der Waals surface area contributed by atoms with Gasteiger partial charge in [-0.05, 0) is 48.9 Å². The summed E-state index contributed by atoms with van der Waals surface area (Å²) in [5.74, 6) is -0.545. The van der Waals surface area contributed by atoms with Crippen molar-refractivity contribution in [2.75, 3.05) is 6.61 Å². The highest BCUT2D eigenvalue weighted by Gasteiger charge is 2.28. The lowest BCUT2D eigenvalue weighted by atomic mass is 10.1. The summed E-state index contributed by atoms with van der Waals surface area (Å²) in [6.07, 6.45) is 1.56. The molecule has 0 spiro atoms. The summed E-state index contributed by atoms with van der Waals surface area (Å²) < 4.78 is 18.6. The van der Waals surface area contributed by atoms with Crippen LogP contribution in [-0.2, 0) is 9.53 Å². The molecule has 2 aromatic heterocycles. The predicted octanol–water partition coefficient (Wildman–Crippen LogP) is 9.04. The van der Waals surface area contributed by atoms with Crippen molar-refractivity contribution in [2.24, 2.45) is 4.99 Å². The first-order valence-electron chi connectivity index (χ1n) is 11.9. The third-order valence-corrected chi connectivity index (χ3v) is 9.44. The molecule has 40 heavy (non-hydrogen) atoms. The summed E-state index contributed by atoms with van der Waals surface area (Å²) in [5, 5.41) is 2.95. The van der Waals surface area contributed by atoms with E-state index < -0.39 is 11.9 Å². The topological polar surface area (TPSA) is 74.2 Å². The standard InChI is InChI=1S/C29H16Cl3NO5S2/c1-2-36-20-12-14(7-10-19(20)37-29(35)26-24(32)16-5-3-4-6-21(16)39-26)11-18-28(34)38-27(33-18)25-23(31)17-9-8-15(30)13-22(17)40-25/h3-13H,2H2,1H3/b18-11+. The van der Waals surface area contributed by atoms with E-state index in [1.807, 2.05) is 37.3 Å². The molecule has 0 amide bonds. The highest BCUT2D eigenvalue weighted by atomic mass is 35.5. The normalized spacial score (nSPS) is 14.2. The molecule has 0 atom stereocenters. The maximum absolute atomic E-state index is 13.0. The highest BCUT2D eigenvalue weighted by Crippen LogP contribution is 2.40. The molecule has 0 aliphatic carbocycles. The van der Waals surface area contributed by atoms with Crippen LogP contribution < -0.4 is 9.47 Å². The second-order valence-electron chi connectivity index (χ2n) is 8.49. The Morgan fingerprint density at radius 3 is 2.55 bits per heavy atom. The van der Waals surface area contributed by atoms with E-state index in [1.54, 1.807) is 36.4 Å². The highest BCUT2D eigenvalue weighted by molar-refractivity contribution is 7.22. The number of nitrogens with zero attached hydrogens (tertiary/aromatic N) is 1. The van der Waals surface area contributed by atoms with Crippen LogP contribution in [0.1, 0.15) is 27.0 Å². The van der Waals surface area contributed by atoms with Gasteiger partial charge in [0.05, 0.1) is 16.7 Å². The van der Waals surface area contributed by atoms with Crippen molar-refractivity contribution in [1.82, 2.24) is 0 Å². The number of ether oxygens (including phenoxy) is 3. The number of benzene rings is 3. The zero-order valence-electron chi connectivity index (χ0n) is 20.5. The Bertz CT molecular complexity index is 1910. The second-order valence-corrected chi connectivity index (χ2v) is 11.8. The molecular formula is C29H16Cl3NO5S2. The van der Waals surface area contributed by atoms with E-state index in [-0.39, 0.29) is 17.3 Å². The first-order valence-corrected chi connectivity index (χ1v) is 14.7. The summed E-state index contributed by atoms with van der Waals surface area (Å²) in [5.41, 5.74) is 0.681. The fourth-order valence-corrected chi connectivity index (χ4v) is 7.20. The molecule has 6 nitrogen and oxygen atoms in total. The Hall–Kier alpha value is -3.40. The third-order valence-electron chi connectivity index (χ3n) is 5.90. The van der Waals surface area contributed by atoms with E-state index in [0.29, 0.717) is 42.7 Å². The van der Waals surface area contributed by atoms with Crippen molar-refractivity contribution < 1.29 is 23.8 Å². The zero-order valence-corrected chi connectivity index (χ0v) is 24.4. The van der Waals surface area contributed by atoms with Crippen molar-refractivity contribution in [2.45, 2.75) is 6.92 Å². The van der Waals surface area contributed by atoms with Crippen molar-refractivity contribution in [3.8, 4) is 11.5 Å². The smallest absolute Gasteiger partial charge is 0.363 e. The van der Waals surface area contributed by atoms with Gasteiger partial charge < -0.3 is 14.2 Å². The molecule has 0 saturated carbocycles. The van der Waals surface area contributed by atoms with Gasteiger partial charge in [0.2, 0.25) is 5.90 Å². The molecule has 0 unspecified atom stereocenters. The zero-order chi connectivity index (χ0) is 28.0. The molecule has 0 N–H and O–H groups in total. The number of thiophene rings is 2. The fraction of sp³-hybridized carbons (Fsp3) is 0.0690. The van der Waals surface area contributed by atoms with Crippen LogP contribution in [0.4, 0.5) is 0 Å². The van der Waals surface area contributed by atoms with E-state index in [2.05, 4.69) is 4.99 Å². The number of carbonyl (C=O) groups excluding carboxylic acids is 2. The summed E-state index contributed by atoms with van der Waals surface area (Å²) in [6, 6.07) is 17.8. The Balaban J connectivity index is 1.29. The Labute approximate surface area is 251 Å². The van der Waals surface area contributed by atoms with Crippen LogP contribution in [0, 0.1) is 0 Å². The molecule has 0 fully saturated rings. The van der Waals surface area contributed by atoms with Gasteiger partial charge in [-0.3, -0.25) is 0 Å². The molecule has 0 saturated heterocycles. The summed E-state index contributed by atoms with van der Waals surface area (Å²) in [7, 11) is 0. The second kappa shape index (κ2) is 10.9. The molecule has 1 aliphatic rings. The average Bonchev–Trinajstić information content (AvgIpc) is 3.58. The first-order chi connectivity index (χ1) is 19.3. The number of halogens is 3. The van der Waals surface area contributed by atoms with Crippen LogP contribution >= 0.6 is 57.5 Å². The van der Waals surface area contributed by atoms with Gasteiger partial charge in [-0.2, -0.15) is 0 Å². The third kappa shape index (κ3) is 4.98. The van der Waals surface area contributed by atoms with Crippen molar-refractivity contribution in [3.05, 3.63) is 96.7 Å². The number of fused-ring (bicyclic) bond motifs is 2. The van der Waals surface area contributed by atoms with Gasteiger partial charge in [-0.1, -0.05) is 65.1 Å². The van der Waals surface area contributed by atoms with E-state index >= 15 is 0 Å². The Morgan fingerprint density at radius 1 is 0.950 bits per heavy atom. The number of esters is 2. The number of rotatable bonds is 6. The van der Waals surface area contributed by atoms with E-state index in [9.17, 15) is 9.59 Å². The molecule has 200 valence electrons. The van der Waals surface area contributed by atoms with Crippen LogP contribution in [-0.4, -0.2) is 24.4 Å². The van der Waals surface area contributed by atoms with Crippen molar-refractivity contribution in [3.63, 3.8) is 0 Å². The lowest BCUT2D eigenvalue weighted by Gasteiger charge is -2.11. The van der Waals surface area contributed by atoms with Crippen molar-refractivity contribution >= 4 is 102 Å². The number of aliphatic imine (C=N–C) groups is 1. The Morgan fingerprint density at radius 2 is 1.75 bits per heavy atom. The molecule has 11 heteroatoms. The van der Waals surface area contributed by atoms with Gasteiger partial charge >= 0.3 is 11.9 Å². The number of hydrogen-bond donors (Lipinski definition) is 0. The quantitative estimate of drug-likeness (QED) is 0.107. The summed E-state index contributed by atoms with van der Waals surface area (Å²) in [4.78, 5) is 30.9. The van der Waals surface area contributed by atoms with Gasteiger partial charge in [0.15, 0.2) is 17.2 Å². The maximum atomic E-state index is 13.0. The predicted molar refractivity (Wildman–Crippen MR) is 162 cm³/mol. The van der Waals surface area contributed by atoms with Crippen LogP contribution in [0.2, 0.25) is 15.1 Å². The van der Waals surface area contributed by atoms with Crippen LogP contribution in [0.3, 0.4) is 0 Å². The molecule has 1 aliphatic heterocycles. The average molecular weight is 629 g/mol. The SMILES string of the molecule is CCOc1cc(/C=C2/N=C(c3sc4cc(Cl)ccc4c3Cl)OC2=O)ccc1OC(=O)c1sc2ccccc2c1Cl. The minimum absolute atomic E-state index is 0.0887. The Kier molecular flexibility index (Phi) is 7.29. The lowest BCUT2D eigenvalue weighted by molar-refractivity contribution is -0.129. The largest absolute Gasteiger partial charge is 0.490 e. The maximum Gasteiger partial charge on any atom is 0.363 e. The van der Waals surface area contributed by atoms with Gasteiger partial charge in [0, 0.05) is 25.2 Å². The summed E-state index contributed by atoms with van der Waals surface area (Å²) >= 11 is 21.7. The molecule has 5 aromatic rings. The first kappa shape index (κ1) is 26.8. The number of cyclic esters (lactones) is 1. The van der Waals surface area contributed by atoms with Crippen molar-refractivity contribution in [1.29, 1.82) is 0 Å².